The number of hydrogen-bond donors (Lipinski definition) is 2. The Morgan fingerprint density at radius 3 is 3.11 bits per heavy atom. The Balaban J connectivity index is 1.89. The van der Waals surface area contributed by atoms with Crippen LogP contribution in [0.1, 0.15) is 16.8 Å². The Labute approximate surface area is 104 Å². The van der Waals surface area contributed by atoms with Gasteiger partial charge >= 0.3 is 0 Å². The van der Waals surface area contributed by atoms with Gasteiger partial charge in [-0.25, -0.2) is 4.98 Å². The maximum atomic E-state index is 11.8. The molecule has 0 aromatic carbocycles. The zero-order valence-electron chi connectivity index (χ0n) is 9.80. The Hall–Kier alpha value is -2.37. The molecule has 2 aromatic rings. The van der Waals surface area contributed by atoms with Gasteiger partial charge in [0.2, 0.25) is 6.41 Å². The number of nitrogens with one attached hydrogen (secondary N) is 2. The van der Waals surface area contributed by atoms with E-state index in [1.165, 1.54) is 0 Å². The Morgan fingerprint density at radius 1 is 1.39 bits per heavy atom. The quantitative estimate of drug-likeness (QED) is 0.564. The van der Waals surface area contributed by atoms with Crippen LogP contribution in [0.3, 0.4) is 0 Å². The maximum Gasteiger partial charge on any atom is 0.252 e. The molecule has 2 aromatic heterocycles. The summed E-state index contributed by atoms with van der Waals surface area (Å²) < 4.78 is 1.79. The average Bonchev–Trinajstić information content (AvgIpc) is 2.85. The fourth-order valence-electron chi connectivity index (χ4n) is 1.61. The first-order valence-corrected chi connectivity index (χ1v) is 5.69. The van der Waals surface area contributed by atoms with Gasteiger partial charge in [0.1, 0.15) is 5.65 Å². The molecular formula is C12H14N4O2. The van der Waals surface area contributed by atoms with Crippen LogP contribution in [0, 0.1) is 0 Å². The van der Waals surface area contributed by atoms with E-state index in [9.17, 15) is 9.59 Å². The highest BCUT2D eigenvalue weighted by Crippen LogP contribution is 2.04. The van der Waals surface area contributed by atoms with Gasteiger partial charge in [0.05, 0.1) is 5.56 Å². The van der Waals surface area contributed by atoms with Gasteiger partial charge in [0.15, 0.2) is 0 Å². The summed E-state index contributed by atoms with van der Waals surface area (Å²) in [5, 5.41) is 5.32. The number of imidazole rings is 1. The number of nitrogens with zero attached hydrogens (tertiary/aromatic N) is 2. The highest BCUT2D eigenvalue weighted by Gasteiger charge is 2.05. The number of amides is 2. The van der Waals surface area contributed by atoms with Crippen molar-refractivity contribution in [2.24, 2.45) is 0 Å². The van der Waals surface area contributed by atoms with Crippen LogP contribution in [0.15, 0.2) is 30.7 Å². The second kappa shape index (κ2) is 5.81. The molecule has 6 nitrogen and oxygen atoms in total. The van der Waals surface area contributed by atoms with Gasteiger partial charge in [0, 0.05) is 31.7 Å². The molecule has 0 radical (unpaired) electrons. The van der Waals surface area contributed by atoms with Crippen LogP contribution in [0.2, 0.25) is 0 Å². The lowest BCUT2D eigenvalue weighted by Crippen LogP contribution is -2.27. The van der Waals surface area contributed by atoms with Crippen molar-refractivity contribution in [2.45, 2.75) is 6.42 Å². The van der Waals surface area contributed by atoms with E-state index in [2.05, 4.69) is 15.6 Å². The average molecular weight is 246 g/mol. The van der Waals surface area contributed by atoms with Gasteiger partial charge < -0.3 is 15.0 Å². The van der Waals surface area contributed by atoms with E-state index < -0.39 is 0 Å². The molecule has 2 N–H and O–H groups in total. The highest BCUT2D eigenvalue weighted by atomic mass is 16.1. The minimum atomic E-state index is -0.128. The molecule has 0 aliphatic carbocycles. The van der Waals surface area contributed by atoms with Crippen LogP contribution in [0.4, 0.5) is 0 Å². The predicted molar refractivity (Wildman–Crippen MR) is 66.2 cm³/mol. The van der Waals surface area contributed by atoms with Crippen molar-refractivity contribution < 1.29 is 9.59 Å². The summed E-state index contributed by atoms with van der Waals surface area (Å²) in [6.07, 6.45) is 6.57. The van der Waals surface area contributed by atoms with Crippen LogP contribution in [0.25, 0.3) is 5.65 Å². The summed E-state index contributed by atoms with van der Waals surface area (Å²) in [7, 11) is 0. The van der Waals surface area contributed by atoms with Gasteiger partial charge in [-0.1, -0.05) is 0 Å². The largest absolute Gasteiger partial charge is 0.359 e. The Morgan fingerprint density at radius 2 is 2.28 bits per heavy atom. The lowest BCUT2D eigenvalue weighted by atomic mass is 10.2. The molecule has 18 heavy (non-hydrogen) atoms. The Bertz CT molecular complexity index is 550. The van der Waals surface area contributed by atoms with Crippen molar-refractivity contribution in [3.8, 4) is 0 Å². The van der Waals surface area contributed by atoms with Crippen molar-refractivity contribution in [1.29, 1.82) is 0 Å². The van der Waals surface area contributed by atoms with Gasteiger partial charge in [-0.15, -0.1) is 0 Å². The third-order valence-corrected chi connectivity index (χ3v) is 2.52. The summed E-state index contributed by atoms with van der Waals surface area (Å²) in [6, 6.07) is 3.53. The molecule has 0 aliphatic rings. The van der Waals surface area contributed by atoms with Gasteiger partial charge in [0.25, 0.3) is 5.91 Å². The molecule has 94 valence electrons. The second-order valence-electron chi connectivity index (χ2n) is 3.79. The van der Waals surface area contributed by atoms with E-state index in [1.807, 2.05) is 0 Å². The summed E-state index contributed by atoms with van der Waals surface area (Å²) in [4.78, 5) is 25.9. The van der Waals surface area contributed by atoms with Crippen LogP contribution in [-0.2, 0) is 4.79 Å². The molecule has 2 heterocycles. The molecule has 0 unspecified atom stereocenters. The fraction of sp³-hybridized carbons (Fsp3) is 0.250. The number of carbonyl (C=O) groups excluding carboxylic acids is 2. The van der Waals surface area contributed by atoms with Crippen molar-refractivity contribution in [3.63, 3.8) is 0 Å². The molecule has 6 heteroatoms. The van der Waals surface area contributed by atoms with Gasteiger partial charge in [-0.2, -0.15) is 0 Å². The third kappa shape index (κ3) is 2.85. The van der Waals surface area contributed by atoms with E-state index >= 15 is 0 Å². The molecule has 0 bridgehead atoms. The predicted octanol–water partition coefficient (Wildman–Crippen LogP) is 0.200. The highest BCUT2D eigenvalue weighted by molar-refractivity contribution is 5.94. The lowest BCUT2D eigenvalue weighted by molar-refractivity contribution is -0.109. The third-order valence-electron chi connectivity index (χ3n) is 2.52. The van der Waals surface area contributed by atoms with Crippen molar-refractivity contribution in [3.05, 3.63) is 36.3 Å². The number of rotatable bonds is 6. The smallest absolute Gasteiger partial charge is 0.252 e. The second-order valence-corrected chi connectivity index (χ2v) is 3.79. The van der Waals surface area contributed by atoms with Crippen molar-refractivity contribution >= 4 is 18.0 Å². The topological polar surface area (TPSA) is 75.5 Å². The molecular weight excluding hydrogens is 232 g/mol. The minimum Gasteiger partial charge on any atom is -0.359 e. The summed E-state index contributed by atoms with van der Waals surface area (Å²) in [5.74, 6) is -0.128. The fourth-order valence-corrected chi connectivity index (χ4v) is 1.61. The van der Waals surface area contributed by atoms with Crippen LogP contribution in [0.5, 0.6) is 0 Å². The van der Waals surface area contributed by atoms with E-state index in [0.29, 0.717) is 31.5 Å². The number of fused-ring (bicyclic) bond motifs is 1. The van der Waals surface area contributed by atoms with Crippen molar-refractivity contribution in [2.75, 3.05) is 13.1 Å². The number of aromatic nitrogens is 2. The summed E-state index contributed by atoms with van der Waals surface area (Å²) >= 11 is 0. The first-order valence-electron chi connectivity index (χ1n) is 5.69. The van der Waals surface area contributed by atoms with Gasteiger partial charge in [-0.05, 0) is 18.6 Å². The van der Waals surface area contributed by atoms with Crippen LogP contribution < -0.4 is 10.6 Å². The standard InChI is InChI=1S/C12H14N4O2/c17-9-13-4-1-5-15-12(18)10-2-3-11-14-6-7-16(11)8-10/h2-3,6-9H,1,4-5H2,(H,13,17)(H,15,18). The number of carbonyl (C=O) groups is 2. The Kier molecular flexibility index (Phi) is 3.90. The zero-order chi connectivity index (χ0) is 12.8. The van der Waals surface area contributed by atoms with Gasteiger partial charge in [-0.3, -0.25) is 9.59 Å². The minimum absolute atomic E-state index is 0.128. The van der Waals surface area contributed by atoms with E-state index in [1.54, 1.807) is 35.1 Å². The monoisotopic (exact) mass is 246 g/mol. The van der Waals surface area contributed by atoms with E-state index in [-0.39, 0.29) is 5.91 Å². The molecule has 0 fully saturated rings. The molecule has 0 saturated carbocycles. The molecule has 0 aliphatic heterocycles. The molecule has 2 rings (SSSR count). The summed E-state index contributed by atoms with van der Waals surface area (Å²) in [6.45, 7) is 1.09. The molecule has 0 spiro atoms. The molecule has 2 amide bonds. The van der Waals surface area contributed by atoms with Crippen molar-refractivity contribution in [1.82, 2.24) is 20.0 Å². The van der Waals surface area contributed by atoms with E-state index in [4.69, 9.17) is 0 Å². The first-order chi connectivity index (χ1) is 8.81. The number of pyridine rings is 1. The van der Waals surface area contributed by atoms with E-state index in [0.717, 1.165) is 5.65 Å². The van der Waals surface area contributed by atoms with Crippen LogP contribution >= 0.6 is 0 Å². The zero-order valence-corrected chi connectivity index (χ0v) is 9.80. The number of hydrogen-bond acceptors (Lipinski definition) is 3. The van der Waals surface area contributed by atoms with Crippen LogP contribution in [-0.4, -0.2) is 34.8 Å². The normalized spacial score (nSPS) is 10.2. The summed E-state index contributed by atoms with van der Waals surface area (Å²) in [5.41, 5.74) is 1.39. The SMILES string of the molecule is O=CNCCCNC(=O)c1ccc2nccn2c1. The first kappa shape index (κ1) is 12.1. The molecule has 0 saturated heterocycles. The maximum absolute atomic E-state index is 11.8. The lowest BCUT2D eigenvalue weighted by Gasteiger charge is -2.05. The molecule has 0 atom stereocenters.